The molecule has 1 rings (SSSR count). The van der Waals surface area contributed by atoms with E-state index in [4.69, 9.17) is 17.3 Å². The Morgan fingerprint density at radius 2 is 1.88 bits per heavy atom. The van der Waals surface area contributed by atoms with Gasteiger partial charge >= 0.3 is 0 Å². The summed E-state index contributed by atoms with van der Waals surface area (Å²) in [6, 6.07) is 0. The normalized spacial score (nSPS) is 23.8. The van der Waals surface area contributed by atoms with Gasteiger partial charge < -0.3 is 5.73 Å². The van der Waals surface area contributed by atoms with Crippen molar-refractivity contribution in [1.29, 1.82) is 0 Å². The summed E-state index contributed by atoms with van der Waals surface area (Å²) >= 11 is 5.68. The Bertz CT molecular complexity index is 121. The van der Waals surface area contributed by atoms with Crippen LogP contribution in [0.3, 0.4) is 0 Å². The number of hydrogen-bond donors (Lipinski definition) is 1. The van der Waals surface area contributed by atoms with Gasteiger partial charge in [-0.1, -0.05) is 23.8 Å². The maximum atomic E-state index is 5.68. The van der Waals surface area contributed by atoms with Crippen LogP contribution in [0.15, 0.2) is 24.3 Å². The first-order valence-electron chi connectivity index (χ1n) is 2.54. The fourth-order valence-electron chi connectivity index (χ4n) is 0.631. The smallest absolute Gasteiger partial charge is 0.128 e. The van der Waals surface area contributed by atoms with Crippen molar-refractivity contribution >= 4 is 11.6 Å². The molecule has 0 aromatic carbocycles. The minimum atomic E-state index is -0.710. The van der Waals surface area contributed by atoms with Gasteiger partial charge in [-0.05, 0) is 18.6 Å². The summed E-state index contributed by atoms with van der Waals surface area (Å²) in [5.41, 5.74) is 5.47. The Morgan fingerprint density at radius 1 is 1.38 bits per heavy atom. The summed E-state index contributed by atoms with van der Waals surface area (Å²) in [7, 11) is 0. The van der Waals surface area contributed by atoms with Gasteiger partial charge in [-0.3, -0.25) is 0 Å². The van der Waals surface area contributed by atoms with E-state index in [0.29, 0.717) is 0 Å². The number of halogens is 1. The third kappa shape index (κ3) is 1.35. The highest BCUT2D eigenvalue weighted by atomic mass is 35.5. The lowest BCUT2D eigenvalue weighted by Crippen LogP contribution is -2.28. The second kappa shape index (κ2) is 1.92. The summed E-state index contributed by atoms with van der Waals surface area (Å²) in [5.74, 6) is 0. The van der Waals surface area contributed by atoms with Crippen LogP contribution >= 0.6 is 11.6 Å². The van der Waals surface area contributed by atoms with Gasteiger partial charge in [0.2, 0.25) is 0 Å². The van der Waals surface area contributed by atoms with Crippen LogP contribution in [0, 0.1) is 0 Å². The fraction of sp³-hybridized carbons (Fsp3) is 0.333. The number of nitrogens with two attached hydrogens (primary N) is 1. The van der Waals surface area contributed by atoms with Crippen LogP contribution < -0.4 is 5.73 Å². The molecule has 1 aliphatic rings. The van der Waals surface area contributed by atoms with Crippen LogP contribution in [-0.4, -0.2) is 5.00 Å². The first kappa shape index (κ1) is 5.86. The van der Waals surface area contributed by atoms with Crippen molar-refractivity contribution in [3.05, 3.63) is 24.3 Å². The van der Waals surface area contributed by atoms with E-state index in [1.165, 1.54) is 0 Å². The zero-order valence-electron chi connectivity index (χ0n) is 4.47. The fourth-order valence-corrected chi connectivity index (χ4v) is 0.810. The van der Waals surface area contributed by atoms with Gasteiger partial charge in [0.1, 0.15) is 5.00 Å². The van der Waals surface area contributed by atoms with Gasteiger partial charge in [0.15, 0.2) is 0 Å². The molecule has 0 aromatic heterocycles. The van der Waals surface area contributed by atoms with E-state index < -0.39 is 5.00 Å². The standard InChI is InChI=1S/C6H8ClN/c7-6(8)4-2-1-3-5-6/h2-5H,1,8H2. The summed E-state index contributed by atoms with van der Waals surface area (Å²) < 4.78 is 0. The van der Waals surface area contributed by atoms with E-state index in [1.807, 2.05) is 12.2 Å². The summed E-state index contributed by atoms with van der Waals surface area (Å²) in [6.07, 6.45) is 8.43. The lowest BCUT2D eigenvalue weighted by atomic mass is 10.1. The van der Waals surface area contributed by atoms with Crippen molar-refractivity contribution in [1.82, 2.24) is 0 Å². The summed E-state index contributed by atoms with van der Waals surface area (Å²) in [4.78, 5) is -0.710. The molecule has 0 saturated heterocycles. The van der Waals surface area contributed by atoms with Crippen LogP contribution in [0.5, 0.6) is 0 Å². The predicted octanol–water partition coefficient (Wildman–Crippen LogP) is 1.40. The van der Waals surface area contributed by atoms with E-state index >= 15 is 0 Å². The topological polar surface area (TPSA) is 26.0 Å². The van der Waals surface area contributed by atoms with Crippen LogP contribution in [0.25, 0.3) is 0 Å². The van der Waals surface area contributed by atoms with Crippen molar-refractivity contribution in [2.75, 3.05) is 0 Å². The van der Waals surface area contributed by atoms with E-state index in [2.05, 4.69) is 0 Å². The summed E-state index contributed by atoms with van der Waals surface area (Å²) in [5, 5.41) is 0. The SMILES string of the molecule is NC1(Cl)C=CCC=C1. The third-order valence-electron chi connectivity index (χ3n) is 1.02. The lowest BCUT2D eigenvalue weighted by molar-refractivity contribution is 0.903. The highest BCUT2D eigenvalue weighted by molar-refractivity contribution is 6.26. The first-order chi connectivity index (χ1) is 3.71. The highest BCUT2D eigenvalue weighted by Gasteiger charge is 2.12. The monoisotopic (exact) mass is 129 g/mol. The second-order valence-electron chi connectivity index (χ2n) is 1.87. The minimum Gasteiger partial charge on any atom is -0.306 e. The van der Waals surface area contributed by atoms with Gasteiger partial charge in [0.25, 0.3) is 0 Å². The van der Waals surface area contributed by atoms with Gasteiger partial charge in [0.05, 0.1) is 0 Å². The largest absolute Gasteiger partial charge is 0.306 e. The molecule has 0 unspecified atom stereocenters. The quantitative estimate of drug-likeness (QED) is 0.299. The summed E-state index contributed by atoms with van der Waals surface area (Å²) in [6.45, 7) is 0. The second-order valence-corrected chi connectivity index (χ2v) is 2.52. The molecule has 0 saturated carbocycles. The zero-order chi connectivity index (χ0) is 6.04. The van der Waals surface area contributed by atoms with Crippen LogP contribution in [0.2, 0.25) is 0 Å². The van der Waals surface area contributed by atoms with Crippen molar-refractivity contribution < 1.29 is 0 Å². The minimum absolute atomic E-state index is 0.710. The molecule has 44 valence electrons. The molecule has 1 nitrogen and oxygen atoms in total. The van der Waals surface area contributed by atoms with E-state index in [-0.39, 0.29) is 0 Å². The molecule has 2 heteroatoms. The van der Waals surface area contributed by atoms with E-state index in [9.17, 15) is 0 Å². The molecule has 2 N–H and O–H groups in total. The maximum absolute atomic E-state index is 5.68. The molecule has 8 heavy (non-hydrogen) atoms. The van der Waals surface area contributed by atoms with Gasteiger partial charge in [-0.2, -0.15) is 0 Å². The molecule has 0 radical (unpaired) electrons. The molecule has 0 bridgehead atoms. The Kier molecular flexibility index (Phi) is 1.41. The van der Waals surface area contributed by atoms with E-state index in [0.717, 1.165) is 6.42 Å². The predicted molar refractivity (Wildman–Crippen MR) is 35.7 cm³/mol. The Labute approximate surface area is 53.8 Å². The molecule has 0 aliphatic heterocycles. The molecule has 0 atom stereocenters. The van der Waals surface area contributed by atoms with Crippen LogP contribution in [0.4, 0.5) is 0 Å². The van der Waals surface area contributed by atoms with Crippen molar-refractivity contribution in [3.8, 4) is 0 Å². The Balaban J connectivity index is 2.69. The highest BCUT2D eigenvalue weighted by Crippen LogP contribution is 2.15. The molecular weight excluding hydrogens is 122 g/mol. The molecule has 0 aromatic rings. The van der Waals surface area contributed by atoms with Gasteiger partial charge in [-0.15, -0.1) is 0 Å². The van der Waals surface area contributed by atoms with Gasteiger partial charge in [-0.25, -0.2) is 0 Å². The van der Waals surface area contributed by atoms with Crippen molar-refractivity contribution in [3.63, 3.8) is 0 Å². The number of hydrogen-bond acceptors (Lipinski definition) is 1. The average Bonchev–Trinajstić information content (AvgIpc) is 1.65. The molecule has 0 spiro atoms. The maximum Gasteiger partial charge on any atom is 0.128 e. The van der Waals surface area contributed by atoms with Crippen molar-refractivity contribution in [2.45, 2.75) is 11.4 Å². The molecule has 1 aliphatic carbocycles. The average molecular weight is 130 g/mol. The molecule has 0 amide bonds. The Hall–Kier alpha value is -0.270. The van der Waals surface area contributed by atoms with E-state index in [1.54, 1.807) is 12.2 Å². The first-order valence-corrected chi connectivity index (χ1v) is 2.92. The molecule has 0 fully saturated rings. The molecular formula is C6H8ClN. The zero-order valence-corrected chi connectivity index (χ0v) is 5.23. The number of allylic oxidation sites excluding steroid dienone is 2. The lowest BCUT2D eigenvalue weighted by Gasteiger charge is -2.13. The van der Waals surface area contributed by atoms with Crippen LogP contribution in [-0.2, 0) is 0 Å². The third-order valence-corrected chi connectivity index (χ3v) is 1.27. The Morgan fingerprint density at radius 3 is 2.12 bits per heavy atom. The number of rotatable bonds is 0. The van der Waals surface area contributed by atoms with Crippen molar-refractivity contribution in [2.24, 2.45) is 5.73 Å². The van der Waals surface area contributed by atoms with Crippen LogP contribution in [0.1, 0.15) is 6.42 Å². The number of alkyl halides is 1. The molecule has 0 heterocycles. The van der Waals surface area contributed by atoms with Gasteiger partial charge in [0, 0.05) is 0 Å².